The van der Waals surface area contributed by atoms with Gasteiger partial charge in [0, 0.05) is 19.2 Å². The zero-order valence-electron chi connectivity index (χ0n) is 14.3. The molecule has 9 heteroatoms. The van der Waals surface area contributed by atoms with E-state index >= 15 is 0 Å². The quantitative estimate of drug-likeness (QED) is 0.239. The molecule has 0 aliphatic heterocycles. The minimum atomic E-state index is -1.60. The Morgan fingerprint density at radius 3 is 2.24 bits per heavy atom. The van der Waals surface area contributed by atoms with Gasteiger partial charge < -0.3 is 35.4 Å². The summed E-state index contributed by atoms with van der Waals surface area (Å²) in [7, 11) is 0. The Kier molecular flexibility index (Phi) is 9.98. The summed E-state index contributed by atoms with van der Waals surface area (Å²) in [5.74, 6) is 0. The summed E-state index contributed by atoms with van der Waals surface area (Å²) in [5.41, 5.74) is 0.439. The van der Waals surface area contributed by atoms with Crippen molar-refractivity contribution in [1.29, 1.82) is 0 Å². The van der Waals surface area contributed by atoms with Crippen LogP contribution in [0.5, 0.6) is 0 Å². The lowest BCUT2D eigenvalue weighted by Gasteiger charge is -2.22. The van der Waals surface area contributed by atoms with Crippen molar-refractivity contribution in [3.8, 4) is 0 Å². The maximum atomic E-state index is 10.1. The molecule has 0 aliphatic rings. The van der Waals surface area contributed by atoms with Gasteiger partial charge in [0.15, 0.2) is 0 Å². The Labute approximate surface area is 146 Å². The molecule has 0 saturated heterocycles. The van der Waals surface area contributed by atoms with E-state index in [9.17, 15) is 25.5 Å². The molecule has 0 aromatic carbocycles. The summed E-state index contributed by atoms with van der Waals surface area (Å²) in [6.07, 6.45) is -1.87. The van der Waals surface area contributed by atoms with E-state index in [4.69, 9.17) is 9.84 Å². The van der Waals surface area contributed by atoms with Gasteiger partial charge in [0.05, 0.1) is 36.9 Å². The maximum Gasteiger partial charge on any atom is 0.126 e. The SMILES string of the molecule is CCCCO[C@@H](CO)[C@@H](O)Cc1cnc([C@@H](O)[C@H](O)[C@H](O)CO)cn1. The molecular formula is C16H28N2O7. The molecule has 1 heterocycles. The van der Waals surface area contributed by atoms with Gasteiger partial charge in [-0.15, -0.1) is 0 Å². The van der Waals surface area contributed by atoms with Crippen LogP contribution in [0.3, 0.4) is 0 Å². The Hall–Kier alpha value is -1.20. The average Bonchev–Trinajstić information content (AvgIpc) is 2.63. The van der Waals surface area contributed by atoms with Crippen molar-refractivity contribution in [2.45, 2.75) is 56.7 Å². The van der Waals surface area contributed by atoms with Gasteiger partial charge in [0.1, 0.15) is 24.4 Å². The first-order valence-electron chi connectivity index (χ1n) is 8.30. The summed E-state index contributed by atoms with van der Waals surface area (Å²) in [6.45, 7) is 1.44. The lowest BCUT2D eigenvalue weighted by Crippen LogP contribution is -2.35. The van der Waals surface area contributed by atoms with E-state index in [0.29, 0.717) is 12.3 Å². The first-order chi connectivity index (χ1) is 11.9. The van der Waals surface area contributed by atoms with Gasteiger partial charge in [0.2, 0.25) is 0 Å². The van der Waals surface area contributed by atoms with E-state index in [0.717, 1.165) is 12.8 Å². The zero-order chi connectivity index (χ0) is 18.8. The smallest absolute Gasteiger partial charge is 0.126 e. The zero-order valence-corrected chi connectivity index (χ0v) is 14.3. The number of unbranched alkanes of at least 4 members (excludes halogenated alkanes) is 1. The van der Waals surface area contributed by atoms with Crippen molar-refractivity contribution in [2.75, 3.05) is 19.8 Å². The lowest BCUT2D eigenvalue weighted by molar-refractivity contribution is -0.0791. The lowest BCUT2D eigenvalue weighted by atomic mass is 10.1. The van der Waals surface area contributed by atoms with Crippen molar-refractivity contribution in [1.82, 2.24) is 9.97 Å². The number of aromatic nitrogens is 2. The molecule has 9 nitrogen and oxygen atoms in total. The fourth-order valence-corrected chi connectivity index (χ4v) is 2.13. The van der Waals surface area contributed by atoms with E-state index in [1.807, 2.05) is 6.92 Å². The predicted molar refractivity (Wildman–Crippen MR) is 87.5 cm³/mol. The van der Waals surface area contributed by atoms with E-state index < -0.39 is 37.1 Å². The van der Waals surface area contributed by atoms with Crippen LogP contribution in [0.15, 0.2) is 12.4 Å². The topological polar surface area (TPSA) is 156 Å². The third kappa shape index (κ3) is 6.90. The van der Waals surface area contributed by atoms with E-state index in [1.165, 1.54) is 12.4 Å². The van der Waals surface area contributed by atoms with Crippen LogP contribution in [0.2, 0.25) is 0 Å². The standard InChI is InChI=1S/C16H28N2O7/c1-2-3-4-25-14(9-20)12(21)5-10-6-18-11(7-17-10)15(23)16(24)13(22)8-19/h6-7,12-16,19-24H,2-5,8-9H2,1H3/t12-,13+,14-,15+,16+/m0/s1. The third-order valence-corrected chi connectivity index (χ3v) is 3.79. The van der Waals surface area contributed by atoms with Gasteiger partial charge in [-0.2, -0.15) is 0 Å². The van der Waals surface area contributed by atoms with Gasteiger partial charge in [-0.1, -0.05) is 13.3 Å². The molecule has 0 unspecified atom stereocenters. The van der Waals surface area contributed by atoms with Gasteiger partial charge in [-0.25, -0.2) is 0 Å². The van der Waals surface area contributed by atoms with Gasteiger partial charge in [-0.3, -0.25) is 9.97 Å². The van der Waals surface area contributed by atoms with Crippen molar-refractivity contribution in [3.63, 3.8) is 0 Å². The molecule has 6 N–H and O–H groups in total. The highest BCUT2D eigenvalue weighted by Crippen LogP contribution is 2.17. The van der Waals surface area contributed by atoms with Crippen LogP contribution >= 0.6 is 0 Å². The highest BCUT2D eigenvalue weighted by molar-refractivity contribution is 5.08. The Morgan fingerprint density at radius 1 is 1.00 bits per heavy atom. The van der Waals surface area contributed by atoms with Crippen LogP contribution < -0.4 is 0 Å². The fraction of sp³-hybridized carbons (Fsp3) is 0.750. The normalized spacial score (nSPS) is 17.7. The molecular weight excluding hydrogens is 332 g/mol. The van der Waals surface area contributed by atoms with Gasteiger partial charge in [-0.05, 0) is 6.42 Å². The van der Waals surface area contributed by atoms with Crippen molar-refractivity contribution < 1.29 is 35.4 Å². The van der Waals surface area contributed by atoms with Crippen LogP contribution in [0.25, 0.3) is 0 Å². The second-order valence-electron chi connectivity index (χ2n) is 5.83. The number of nitrogens with zero attached hydrogens (tertiary/aromatic N) is 2. The summed E-state index contributed by atoms with van der Waals surface area (Å²) in [5, 5.41) is 57.1. The fourth-order valence-electron chi connectivity index (χ4n) is 2.13. The second kappa shape index (κ2) is 11.4. The van der Waals surface area contributed by atoms with Crippen molar-refractivity contribution in [3.05, 3.63) is 23.8 Å². The molecule has 144 valence electrons. The number of hydrogen-bond donors (Lipinski definition) is 6. The number of aliphatic hydroxyl groups is 6. The molecule has 0 radical (unpaired) electrons. The third-order valence-electron chi connectivity index (χ3n) is 3.79. The molecule has 0 saturated carbocycles. The molecule has 0 spiro atoms. The summed E-state index contributed by atoms with van der Waals surface area (Å²) >= 11 is 0. The second-order valence-corrected chi connectivity index (χ2v) is 5.83. The van der Waals surface area contributed by atoms with Crippen molar-refractivity contribution in [2.24, 2.45) is 0 Å². The predicted octanol–water partition coefficient (Wildman–Crippen LogP) is -1.69. The van der Waals surface area contributed by atoms with Crippen LogP contribution in [0.4, 0.5) is 0 Å². The molecule has 1 aromatic heterocycles. The number of rotatable bonds is 12. The molecule has 5 atom stereocenters. The van der Waals surface area contributed by atoms with Crippen LogP contribution in [0, 0.1) is 0 Å². The minimum Gasteiger partial charge on any atom is -0.394 e. The number of aliphatic hydroxyl groups excluding tert-OH is 6. The molecule has 0 fully saturated rings. The van der Waals surface area contributed by atoms with Crippen LogP contribution in [-0.4, -0.2) is 84.8 Å². The Morgan fingerprint density at radius 2 is 1.72 bits per heavy atom. The molecule has 0 aliphatic carbocycles. The Bertz CT molecular complexity index is 474. The highest BCUT2D eigenvalue weighted by atomic mass is 16.5. The van der Waals surface area contributed by atoms with Gasteiger partial charge in [0.25, 0.3) is 0 Å². The molecule has 1 aromatic rings. The summed E-state index contributed by atoms with van der Waals surface area (Å²) in [4.78, 5) is 8.00. The van der Waals surface area contributed by atoms with E-state index in [1.54, 1.807) is 0 Å². The molecule has 0 bridgehead atoms. The molecule has 1 rings (SSSR count). The van der Waals surface area contributed by atoms with E-state index in [2.05, 4.69) is 9.97 Å². The number of hydrogen-bond acceptors (Lipinski definition) is 9. The van der Waals surface area contributed by atoms with Crippen LogP contribution in [-0.2, 0) is 11.2 Å². The minimum absolute atomic E-state index is 0.0242. The number of ether oxygens (including phenoxy) is 1. The highest BCUT2D eigenvalue weighted by Gasteiger charge is 2.27. The van der Waals surface area contributed by atoms with Crippen LogP contribution in [0.1, 0.15) is 37.3 Å². The van der Waals surface area contributed by atoms with Crippen molar-refractivity contribution >= 4 is 0 Å². The van der Waals surface area contributed by atoms with E-state index in [-0.39, 0.29) is 18.7 Å². The Balaban J connectivity index is 2.63. The summed E-state index contributed by atoms with van der Waals surface area (Å²) < 4.78 is 5.43. The largest absolute Gasteiger partial charge is 0.394 e. The first kappa shape index (κ1) is 21.8. The summed E-state index contributed by atoms with van der Waals surface area (Å²) in [6, 6.07) is 0. The monoisotopic (exact) mass is 360 g/mol. The molecule has 0 amide bonds. The molecule has 25 heavy (non-hydrogen) atoms. The first-order valence-corrected chi connectivity index (χ1v) is 8.30. The average molecular weight is 360 g/mol. The maximum absolute atomic E-state index is 10.1. The van der Waals surface area contributed by atoms with Gasteiger partial charge >= 0.3 is 0 Å².